The molecule has 0 spiro atoms. The molecule has 0 radical (unpaired) electrons. The standard InChI is InChI=1S/C17H17NO4/c19-17(20)11-18(9-13-4-2-1-3-5-13)10-14-6-7-15-16(8-14)22-12-21-15/h1-8H,9-12H2,(H,19,20). The van der Waals surface area contributed by atoms with Gasteiger partial charge in [0.1, 0.15) is 19.6 Å². The van der Waals surface area contributed by atoms with Crippen molar-refractivity contribution in [2.45, 2.75) is 13.1 Å². The molecular formula is C17H17NO4. The maximum absolute atomic E-state index is 11.0. The minimum absolute atomic E-state index is 0.0384. The third-order valence-electron chi connectivity index (χ3n) is 3.58. The molecule has 0 fully saturated rings. The normalized spacial score (nSPS) is 13.8. The van der Waals surface area contributed by atoms with E-state index < -0.39 is 5.97 Å². The highest BCUT2D eigenvalue weighted by Crippen LogP contribution is 2.32. The maximum Gasteiger partial charge on any atom is 0.231 e. The quantitative estimate of drug-likeness (QED) is 0.799. The predicted octanol–water partition coefficient (Wildman–Crippen LogP) is -0.250. The van der Waals surface area contributed by atoms with Crippen LogP contribution in [0.5, 0.6) is 11.5 Å². The molecule has 0 bridgehead atoms. The van der Waals surface area contributed by atoms with E-state index in [2.05, 4.69) is 0 Å². The summed E-state index contributed by atoms with van der Waals surface area (Å²) < 4.78 is 10.6. The molecule has 0 aromatic heterocycles. The molecule has 22 heavy (non-hydrogen) atoms. The summed E-state index contributed by atoms with van der Waals surface area (Å²) in [5.41, 5.74) is 2.11. The van der Waals surface area contributed by atoms with Crippen molar-refractivity contribution < 1.29 is 24.3 Å². The summed E-state index contributed by atoms with van der Waals surface area (Å²) in [6.45, 7) is 1.41. The minimum atomic E-state index is -1.05. The Morgan fingerprint density at radius 2 is 1.73 bits per heavy atom. The Bertz CT molecular complexity index is 657. The van der Waals surface area contributed by atoms with E-state index in [1.807, 2.05) is 48.5 Å². The highest BCUT2D eigenvalue weighted by atomic mass is 16.7. The molecule has 1 unspecified atom stereocenters. The number of carbonyl (C=O) groups excluding carboxylic acids is 1. The summed E-state index contributed by atoms with van der Waals surface area (Å²) in [7, 11) is 0. The van der Waals surface area contributed by atoms with Crippen molar-refractivity contribution in [3.05, 3.63) is 59.7 Å². The van der Waals surface area contributed by atoms with E-state index in [4.69, 9.17) is 9.47 Å². The topological polar surface area (TPSA) is 63.0 Å². The van der Waals surface area contributed by atoms with Crippen LogP contribution in [0.3, 0.4) is 0 Å². The second-order valence-electron chi connectivity index (χ2n) is 5.33. The van der Waals surface area contributed by atoms with Gasteiger partial charge >= 0.3 is 0 Å². The number of hydrogen-bond acceptors (Lipinski definition) is 4. The van der Waals surface area contributed by atoms with Crippen molar-refractivity contribution in [3.63, 3.8) is 0 Å². The first kappa shape index (κ1) is 14.4. The first-order valence-corrected chi connectivity index (χ1v) is 7.16. The van der Waals surface area contributed by atoms with Crippen LogP contribution in [-0.4, -0.2) is 19.3 Å². The number of quaternary nitrogens is 1. The number of hydrogen-bond donors (Lipinski definition) is 1. The Morgan fingerprint density at radius 3 is 2.50 bits per heavy atom. The molecule has 2 aromatic carbocycles. The molecule has 2 aromatic rings. The van der Waals surface area contributed by atoms with Crippen LogP contribution in [0.25, 0.3) is 0 Å². The number of rotatable bonds is 6. The summed E-state index contributed by atoms with van der Waals surface area (Å²) >= 11 is 0. The Kier molecular flexibility index (Phi) is 4.25. The first-order valence-electron chi connectivity index (χ1n) is 7.16. The lowest BCUT2D eigenvalue weighted by Crippen LogP contribution is -3.10. The van der Waals surface area contributed by atoms with Crippen molar-refractivity contribution >= 4 is 5.97 Å². The van der Waals surface area contributed by atoms with Gasteiger partial charge in [0.25, 0.3) is 0 Å². The molecule has 0 amide bonds. The van der Waals surface area contributed by atoms with Gasteiger partial charge in [-0.3, -0.25) is 0 Å². The van der Waals surface area contributed by atoms with Crippen molar-refractivity contribution in [2.75, 3.05) is 13.3 Å². The molecular weight excluding hydrogens is 282 g/mol. The number of fused-ring (bicyclic) bond motifs is 1. The smallest absolute Gasteiger partial charge is 0.231 e. The van der Waals surface area contributed by atoms with Gasteiger partial charge in [-0.2, -0.15) is 0 Å². The molecule has 0 saturated carbocycles. The van der Waals surface area contributed by atoms with Crippen LogP contribution in [0.15, 0.2) is 48.5 Å². The summed E-state index contributed by atoms with van der Waals surface area (Å²) in [6, 6.07) is 15.5. The molecule has 114 valence electrons. The van der Waals surface area contributed by atoms with Gasteiger partial charge in [-0.25, -0.2) is 0 Å². The van der Waals surface area contributed by atoms with Crippen LogP contribution in [0.1, 0.15) is 11.1 Å². The average molecular weight is 299 g/mol. The van der Waals surface area contributed by atoms with Gasteiger partial charge in [-0.1, -0.05) is 30.3 Å². The van der Waals surface area contributed by atoms with Crippen molar-refractivity contribution in [3.8, 4) is 11.5 Å². The second-order valence-corrected chi connectivity index (χ2v) is 5.33. The fourth-order valence-electron chi connectivity index (χ4n) is 2.62. The molecule has 1 aliphatic heterocycles. The van der Waals surface area contributed by atoms with Gasteiger partial charge in [-0.15, -0.1) is 0 Å². The molecule has 5 nitrogen and oxygen atoms in total. The van der Waals surface area contributed by atoms with E-state index in [1.165, 1.54) is 0 Å². The second kappa shape index (κ2) is 6.49. The zero-order valence-electron chi connectivity index (χ0n) is 12.1. The van der Waals surface area contributed by atoms with Crippen LogP contribution >= 0.6 is 0 Å². The SMILES string of the molecule is O=C([O-])C[NH+](Cc1ccccc1)Cc1ccc2c(c1)OCO2. The minimum Gasteiger partial charge on any atom is -0.544 e. The summed E-state index contributed by atoms with van der Waals surface area (Å²) in [4.78, 5) is 11.9. The van der Waals surface area contributed by atoms with Gasteiger partial charge in [0.15, 0.2) is 11.5 Å². The van der Waals surface area contributed by atoms with Gasteiger partial charge in [-0.05, 0) is 18.2 Å². The lowest BCUT2D eigenvalue weighted by atomic mass is 10.1. The third-order valence-corrected chi connectivity index (χ3v) is 3.58. The number of benzene rings is 2. The van der Waals surface area contributed by atoms with Crippen LogP contribution in [0.2, 0.25) is 0 Å². The molecule has 1 aliphatic rings. The van der Waals surface area contributed by atoms with E-state index in [-0.39, 0.29) is 13.3 Å². The van der Waals surface area contributed by atoms with Gasteiger partial charge in [0.05, 0.1) is 5.97 Å². The third kappa shape index (κ3) is 3.56. The zero-order valence-corrected chi connectivity index (χ0v) is 12.1. The lowest BCUT2D eigenvalue weighted by molar-refractivity contribution is -0.922. The van der Waals surface area contributed by atoms with E-state index >= 15 is 0 Å². The van der Waals surface area contributed by atoms with E-state index in [0.29, 0.717) is 18.8 Å². The van der Waals surface area contributed by atoms with Crippen LogP contribution in [0.4, 0.5) is 0 Å². The molecule has 1 atom stereocenters. The zero-order chi connectivity index (χ0) is 15.4. The molecule has 1 N–H and O–H groups in total. The molecule has 1 heterocycles. The van der Waals surface area contributed by atoms with E-state index in [1.54, 1.807) is 0 Å². The number of carboxylic acids is 1. The average Bonchev–Trinajstić information content (AvgIpc) is 2.95. The monoisotopic (exact) mass is 299 g/mol. The van der Waals surface area contributed by atoms with E-state index in [0.717, 1.165) is 21.8 Å². The first-order chi connectivity index (χ1) is 10.7. The number of ether oxygens (including phenoxy) is 2. The highest BCUT2D eigenvalue weighted by Gasteiger charge is 2.16. The fraction of sp³-hybridized carbons (Fsp3) is 0.235. The van der Waals surface area contributed by atoms with Crippen molar-refractivity contribution in [1.82, 2.24) is 0 Å². The number of carbonyl (C=O) groups is 1. The van der Waals surface area contributed by atoms with Crippen molar-refractivity contribution in [1.29, 1.82) is 0 Å². The van der Waals surface area contributed by atoms with Crippen LogP contribution < -0.4 is 19.5 Å². The predicted molar refractivity (Wildman–Crippen MR) is 77.3 cm³/mol. The highest BCUT2D eigenvalue weighted by molar-refractivity contribution is 5.65. The summed E-state index contributed by atoms with van der Waals surface area (Å²) in [5.74, 6) is 0.393. The lowest BCUT2D eigenvalue weighted by Gasteiger charge is -2.20. The molecule has 3 rings (SSSR count). The number of carboxylic acid groups (broad SMARTS) is 1. The molecule has 0 aliphatic carbocycles. The number of nitrogens with one attached hydrogen (secondary N) is 1. The maximum atomic E-state index is 11.0. The number of aliphatic carboxylic acids is 1. The largest absolute Gasteiger partial charge is 0.544 e. The van der Waals surface area contributed by atoms with Gasteiger partial charge in [0.2, 0.25) is 6.79 Å². The molecule has 0 saturated heterocycles. The van der Waals surface area contributed by atoms with Gasteiger partial charge in [0, 0.05) is 11.1 Å². The van der Waals surface area contributed by atoms with Crippen molar-refractivity contribution in [2.24, 2.45) is 0 Å². The van der Waals surface area contributed by atoms with Gasteiger partial charge < -0.3 is 24.3 Å². The Hall–Kier alpha value is -2.53. The molecule has 5 heteroatoms. The fourth-order valence-corrected chi connectivity index (χ4v) is 2.62. The van der Waals surface area contributed by atoms with E-state index in [9.17, 15) is 9.90 Å². The summed E-state index contributed by atoms with van der Waals surface area (Å²) in [6.07, 6.45) is 0. The Balaban J connectivity index is 1.73. The van der Waals surface area contributed by atoms with Crippen LogP contribution in [0, 0.1) is 0 Å². The summed E-state index contributed by atoms with van der Waals surface area (Å²) in [5, 5.41) is 11.0. The van der Waals surface area contributed by atoms with Crippen LogP contribution in [-0.2, 0) is 17.9 Å². The Labute approximate surface area is 128 Å². The Morgan fingerprint density at radius 1 is 1.00 bits per heavy atom.